The lowest BCUT2D eigenvalue weighted by Crippen LogP contribution is -2.34. The Labute approximate surface area is 126 Å². The first-order valence-corrected chi connectivity index (χ1v) is 8.91. The van der Waals surface area contributed by atoms with Gasteiger partial charge in [0.05, 0.1) is 4.90 Å². The van der Waals surface area contributed by atoms with Gasteiger partial charge in [0.1, 0.15) is 5.82 Å². The number of hydrogen-bond acceptors (Lipinski definition) is 3. The van der Waals surface area contributed by atoms with Crippen molar-refractivity contribution in [3.63, 3.8) is 0 Å². The van der Waals surface area contributed by atoms with Gasteiger partial charge in [0.15, 0.2) is 0 Å². The van der Waals surface area contributed by atoms with E-state index < -0.39 is 15.8 Å². The fourth-order valence-corrected chi connectivity index (χ4v) is 4.12. The molecule has 0 aromatic heterocycles. The second-order valence-electron chi connectivity index (χ2n) is 5.89. The van der Waals surface area contributed by atoms with Crippen LogP contribution in [-0.4, -0.2) is 20.5 Å². The van der Waals surface area contributed by atoms with Crippen molar-refractivity contribution in [2.75, 3.05) is 0 Å². The molecule has 0 heterocycles. The average molecular weight is 314 g/mol. The SMILES string of the molecule is CC(C)NCc1ccc(F)cc1S(=O)(=O)NC1CCCC1. The molecule has 0 unspecified atom stereocenters. The van der Waals surface area contributed by atoms with Crippen LogP contribution in [0.3, 0.4) is 0 Å². The summed E-state index contributed by atoms with van der Waals surface area (Å²) in [7, 11) is -3.67. The van der Waals surface area contributed by atoms with E-state index >= 15 is 0 Å². The van der Waals surface area contributed by atoms with Crippen LogP contribution in [-0.2, 0) is 16.6 Å². The highest BCUT2D eigenvalue weighted by molar-refractivity contribution is 7.89. The van der Waals surface area contributed by atoms with Crippen molar-refractivity contribution < 1.29 is 12.8 Å². The Morgan fingerprint density at radius 3 is 2.57 bits per heavy atom. The molecule has 1 saturated carbocycles. The van der Waals surface area contributed by atoms with Crippen molar-refractivity contribution in [1.29, 1.82) is 0 Å². The van der Waals surface area contributed by atoms with E-state index in [1.807, 2.05) is 13.8 Å². The molecule has 1 aliphatic carbocycles. The predicted octanol–water partition coefficient (Wildman–Crippen LogP) is 2.54. The van der Waals surface area contributed by atoms with Gasteiger partial charge in [-0.2, -0.15) is 0 Å². The molecular weight excluding hydrogens is 291 g/mol. The number of halogens is 1. The van der Waals surface area contributed by atoms with Crippen LogP contribution < -0.4 is 10.0 Å². The minimum Gasteiger partial charge on any atom is -0.310 e. The first-order chi connectivity index (χ1) is 9.88. The Balaban J connectivity index is 2.24. The Bertz CT molecular complexity index is 581. The maximum Gasteiger partial charge on any atom is 0.241 e. The van der Waals surface area contributed by atoms with Crippen molar-refractivity contribution in [3.05, 3.63) is 29.6 Å². The highest BCUT2D eigenvalue weighted by Crippen LogP contribution is 2.22. The molecule has 0 aliphatic heterocycles. The molecule has 0 saturated heterocycles. The second-order valence-corrected chi connectivity index (χ2v) is 7.57. The quantitative estimate of drug-likeness (QED) is 0.848. The lowest BCUT2D eigenvalue weighted by atomic mass is 10.2. The third-order valence-corrected chi connectivity index (χ3v) is 5.30. The van der Waals surface area contributed by atoms with Crippen LogP contribution in [0.4, 0.5) is 4.39 Å². The van der Waals surface area contributed by atoms with E-state index in [1.165, 1.54) is 12.1 Å². The second kappa shape index (κ2) is 6.85. The van der Waals surface area contributed by atoms with Crippen LogP contribution in [0, 0.1) is 5.82 Å². The number of benzene rings is 1. The van der Waals surface area contributed by atoms with Crippen molar-refractivity contribution >= 4 is 10.0 Å². The van der Waals surface area contributed by atoms with Crippen molar-refractivity contribution in [2.24, 2.45) is 0 Å². The molecule has 0 bridgehead atoms. The van der Waals surface area contributed by atoms with E-state index in [0.717, 1.165) is 31.7 Å². The molecular formula is C15H23FN2O2S. The summed E-state index contributed by atoms with van der Waals surface area (Å²) >= 11 is 0. The monoisotopic (exact) mass is 314 g/mol. The molecule has 1 fully saturated rings. The van der Waals surface area contributed by atoms with Crippen LogP contribution in [0.5, 0.6) is 0 Å². The highest BCUT2D eigenvalue weighted by Gasteiger charge is 2.25. The molecule has 1 aliphatic rings. The molecule has 1 aromatic rings. The molecule has 2 rings (SSSR count). The summed E-state index contributed by atoms with van der Waals surface area (Å²) in [6, 6.07) is 4.15. The van der Waals surface area contributed by atoms with E-state index in [9.17, 15) is 12.8 Å². The molecule has 6 heteroatoms. The zero-order valence-electron chi connectivity index (χ0n) is 12.5. The topological polar surface area (TPSA) is 58.2 Å². The fourth-order valence-electron chi connectivity index (χ4n) is 2.57. The Morgan fingerprint density at radius 2 is 1.95 bits per heavy atom. The first-order valence-electron chi connectivity index (χ1n) is 7.42. The minimum absolute atomic E-state index is 0.0239. The number of nitrogens with one attached hydrogen (secondary N) is 2. The van der Waals surface area contributed by atoms with Crippen molar-refractivity contribution in [3.8, 4) is 0 Å². The van der Waals surface area contributed by atoms with Gasteiger partial charge in [-0.05, 0) is 30.5 Å². The molecule has 0 atom stereocenters. The third-order valence-electron chi connectivity index (χ3n) is 3.70. The smallest absolute Gasteiger partial charge is 0.241 e. The van der Waals surface area contributed by atoms with Gasteiger partial charge in [-0.1, -0.05) is 32.8 Å². The van der Waals surface area contributed by atoms with Crippen LogP contribution >= 0.6 is 0 Å². The van der Waals surface area contributed by atoms with Gasteiger partial charge < -0.3 is 5.32 Å². The van der Waals surface area contributed by atoms with Gasteiger partial charge in [-0.3, -0.25) is 0 Å². The number of hydrogen-bond donors (Lipinski definition) is 2. The van der Waals surface area contributed by atoms with Crippen molar-refractivity contribution in [1.82, 2.24) is 10.0 Å². The largest absolute Gasteiger partial charge is 0.310 e. The van der Waals surface area contributed by atoms with Gasteiger partial charge in [0, 0.05) is 18.6 Å². The maximum atomic E-state index is 13.5. The van der Waals surface area contributed by atoms with Crippen LogP contribution in [0.15, 0.2) is 23.1 Å². The van der Waals surface area contributed by atoms with Gasteiger partial charge in [-0.25, -0.2) is 17.5 Å². The van der Waals surface area contributed by atoms with Crippen LogP contribution in [0.2, 0.25) is 0 Å². The van der Waals surface area contributed by atoms with E-state index in [0.29, 0.717) is 12.1 Å². The zero-order chi connectivity index (χ0) is 15.5. The Hall–Kier alpha value is -0.980. The number of rotatable bonds is 6. The highest BCUT2D eigenvalue weighted by atomic mass is 32.2. The predicted molar refractivity (Wildman–Crippen MR) is 81.0 cm³/mol. The lowest BCUT2D eigenvalue weighted by Gasteiger charge is -2.16. The fraction of sp³-hybridized carbons (Fsp3) is 0.600. The summed E-state index contributed by atoms with van der Waals surface area (Å²) in [6.07, 6.45) is 3.79. The molecule has 0 spiro atoms. The Morgan fingerprint density at radius 1 is 1.29 bits per heavy atom. The van der Waals surface area contributed by atoms with E-state index in [1.54, 1.807) is 0 Å². The van der Waals surface area contributed by atoms with E-state index in [4.69, 9.17) is 0 Å². The molecule has 2 N–H and O–H groups in total. The zero-order valence-corrected chi connectivity index (χ0v) is 13.3. The summed E-state index contributed by atoms with van der Waals surface area (Å²) in [4.78, 5) is 0.0440. The molecule has 0 amide bonds. The maximum absolute atomic E-state index is 13.5. The summed E-state index contributed by atoms with van der Waals surface area (Å²) in [5, 5.41) is 3.17. The van der Waals surface area contributed by atoms with E-state index in [-0.39, 0.29) is 17.0 Å². The standard InChI is InChI=1S/C15H23FN2O2S/c1-11(2)17-10-12-7-8-13(16)9-15(12)21(19,20)18-14-5-3-4-6-14/h7-9,11,14,17-18H,3-6,10H2,1-2H3. The summed E-state index contributed by atoms with van der Waals surface area (Å²) in [5.41, 5.74) is 0.593. The van der Waals surface area contributed by atoms with Gasteiger partial charge in [-0.15, -0.1) is 0 Å². The molecule has 0 radical (unpaired) electrons. The van der Waals surface area contributed by atoms with Crippen molar-refractivity contribution in [2.45, 2.75) is 63.1 Å². The summed E-state index contributed by atoms with van der Waals surface area (Å²) in [5.74, 6) is -0.532. The normalized spacial score (nSPS) is 16.8. The summed E-state index contributed by atoms with van der Waals surface area (Å²) < 4.78 is 41.2. The average Bonchev–Trinajstić information content (AvgIpc) is 2.89. The lowest BCUT2D eigenvalue weighted by molar-refractivity contribution is 0.543. The van der Waals surface area contributed by atoms with Gasteiger partial charge in [0.2, 0.25) is 10.0 Å². The number of sulfonamides is 1. The van der Waals surface area contributed by atoms with Crippen LogP contribution in [0.25, 0.3) is 0 Å². The third kappa shape index (κ3) is 4.49. The molecule has 1 aromatic carbocycles. The molecule has 4 nitrogen and oxygen atoms in total. The van der Waals surface area contributed by atoms with Gasteiger partial charge >= 0.3 is 0 Å². The van der Waals surface area contributed by atoms with Crippen LogP contribution in [0.1, 0.15) is 45.1 Å². The molecule has 21 heavy (non-hydrogen) atoms. The van der Waals surface area contributed by atoms with Gasteiger partial charge in [0.25, 0.3) is 0 Å². The summed E-state index contributed by atoms with van der Waals surface area (Å²) in [6.45, 7) is 4.36. The molecule has 118 valence electrons. The minimum atomic E-state index is -3.67. The van der Waals surface area contributed by atoms with E-state index in [2.05, 4.69) is 10.0 Å². The Kier molecular flexibility index (Phi) is 5.35. The first kappa shape index (κ1) is 16.4.